The van der Waals surface area contributed by atoms with Crippen LogP contribution in [0.3, 0.4) is 0 Å². The van der Waals surface area contributed by atoms with Gasteiger partial charge in [-0.2, -0.15) is 0 Å². The summed E-state index contributed by atoms with van der Waals surface area (Å²) < 4.78 is 39.6. The number of carbonyl (C=O) groups is 3. The van der Waals surface area contributed by atoms with Crippen molar-refractivity contribution in [1.29, 1.82) is 0 Å². The number of carbonyl (C=O) groups excluding carboxylic acids is 3. The smallest absolute Gasteiger partial charge is 0.462 e. The summed E-state index contributed by atoms with van der Waals surface area (Å²) >= 11 is 0. The molecule has 80 heavy (non-hydrogen) atoms. The molecule has 460 valence electrons. The summed E-state index contributed by atoms with van der Waals surface area (Å²) in [6, 6.07) is 0. The molecule has 0 saturated carbocycles. The van der Waals surface area contributed by atoms with Crippen LogP contribution in [0.4, 0.5) is 0 Å². The van der Waals surface area contributed by atoms with Crippen molar-refractivity contribution in [2.75, 3.05) is 26.4 Å². The maximum Gasteiger partial charge on any atom is 0.472 e. The maximum atomic E-state index is 13.0. The lowest BCUT2D eigenvalue weighted by Gasteiger charge is -2.21. The van der Waals surface area contributed by atoms with Crippen molar-refractivity contribution < 1.29 is 52.2 Å². The number of rotatable bonds is 59. The number of esters is 3. The molecule has 0 saturated heterocycles. The molecular weight excluding hydrogens is 1020 g/mol. The Kier molecular flexibility index (Phi) is 58.7. The zero-order valence-electron chi connectivity index (χ0n) is 51.0. The fraction of sp³-hybridized carbons (Fsp3) is 0.721. The van der Waals surface area contributed by atoms with Gasteiger partial charge in [0.15, 0.2) is 6.10 Å². The van der Waals surface area contributed by atoms with Crippen LogP contribution in [0, 0.1) is 0 Å². The fourth-order valence-electron chi connectivity index (χ4n) is 8.64. The van der Waals surface area contributed by atoms with E-state index in [-0.39, 0.29) is 25.9 Å². The highest BCUT2D eigenvalue weighted by Gasteiger charge is 2.28. The maximum absolute atomic E-state index is 13.0. The second kappa shape index (κ2) is 61.5. The van der Waals surface area contributed by atoms with Crippen LogP contribution in [-0.4, -0.2) is 66.5 Å². The predicted octanol–water partition coefficient (Wildman–Crippen LogP) is 19.6. The molecule has 0 aromatic heterocycles. The first kappa shape index (κ1) is 76.4. The average molecular weight is 1140 g/mol. The number of aliphatic hydroxyl groups is 1. The molecule has 11 nitrogen and oxygen atoms in total. The number of phosphoric ester groups is 1. The van der Waals surface area contributed by atoms with Crippen LogP contribution in [0.1, 0.15) is 278 Å². The summed E-state index contributed by atoms with van der Waals surface area (Å²) in [6.07, 6.45) is 73.6. The van der Waals surface area contributed by atoms with E-state index >= 15 is 0 Å². The molecule has 0 heterocycles. The Morgan fingerprint density at radius 2 is 0.662 bits per heavy atom. The van der Waals surface area contributed by atoms with Crippen LogP contribution in [0.15, 0.2) is 97.2 Å². The minimum absolute atomic E-state index is 0.0834. The minimum Gasteiger partial charge on any atom is -0.462 e. The van der Waals surface area contributed by atoms with Gasteiger partial charge in [0.2, 0.25) is 0 Å². The van der Waals surface area contributed by atoms with Crippen LogP contribution < -0.4 is 0 Å². The molecule has 0 aliphatic rings. The summed E-state index contributed by atoms with van der Waals surface area (Å²) in [4.78, 5) is 48.7. The Hall–Kier alpha value is -3.60. The van der Waals surface area contributed by atoms with Gasteiger partial charge >= 0.3 is 25.7 Å². The van der Waals surface area contributed by atoms with Gasteiger partial charge in [-0.05, 0) is 96.3 Å². The highest BCUT2D eigenvalue weighted by atomic mass is 31.2. The Morgan fingerprint density at radius 3 is 1.07 bits per heavy atom. The zero-order valence-corrected chi connectivity index (χ0v) is 51.9. The molecule has 0 radical (unpaired) electrons. The van der Waals surface area contributed by atoms with Crippen molar-refractivity contribution in [3.63, 3.8) is 0 Å². The number of unbranched alkanes of at least 4 members (excludes halogenated alkanes) is 26. The van der Waals surface area contributed by atoms with Gasteiger partial charge in [-0.3, -0.25) is 23.4 Å². The van der Waals surface area contributed by atoms with Crippen molar-refractivity contribution in [2.24, 2.45) is 0 Å². The number of hydrogen-bond donors (Lipinski definition) is 2. The Labute approximate surface area is 489 Å². The van der Waals surface area contributed by atoms with E-state index < -0.39 is 57.8 Å². The lowest BCUT2D eigenvalue weighted by molar-refractivity contribution is -0.161. The second-order valence-electron chi connectivity index (χ2n) is 21.2. The first-order valence-corrected chi connectivity index (χ1v) is 33.6. The van der Waals surface area contributed by atoms with Gasteiger partial charge in [-0.15, -0.1) is 0 Å². The van der Waals surface area contributed by atoms with E-state index in [0.29, 0.717) is 25.7 Å². The quantitative estimate of drug-likeness (QED) is 0.0197. The Balaban J connectivity index is 4.78. The van der Waals surface area contributed by atoms with E-state index in [0.717, 1.165) is 103 Å². The van der Waals surface area contributed by atoms with E-state index in [1.807, 2.05) is 12.2 Å². The lowest BCUT2D eigenvalue weighted by Crippen LogP contribution is -2.30. The number of aliphatic hydroxyl groups excluding tert-OH is 1. The van der Waals surface area contributed by atoms with E-state index in [1.165, 1.54) is 109 Å². The van der Waals surface area contributed by atoms with Gasteiger partial charge in [0, 0.05) is 19.3 Å². The third kappa shape index (κ3) is 59.0. The van der Waals surface area contributed by atoms with Crippen LogP contribution in [0.2, 0.25) is 0 Å². The zero-order chi connectivity index (χ0) is 58.3. The first-order chi connectivity index (χ1) is 39.2. The van der Waals surface area contributed by atoms with Gasteiger partial charge in [0.25, 0.3) is 0 Å². The molecule has 3 unspecified atom stereocenters. The molecule has 0 spiro atoms. The lowest BCUT2D eigenvalue weighted by atomic mass is 10.0. The molecule has 0 amide bonds. The van der Waals surface area contributed by atoms with Crippen LogP contribution >= 0.6 is 7.82 Å². The Bertz CT molecular complexity index is 1710. The topological polar surface area (TPSA) is 155 Å². The SMILES string of the molecule is CC/C=C\C/C=C\C/C=C\C/C=C\C/C=C\CCCC(=O)OC(COC(=O)CCCCCCCC/C=C\C/C=C\C/C=C\CCCCC)COP(=O)(O)OCC(CO)OC(=O)CCCCCCCCCCCCCCCCCCC. The normalized spacial score (nSPS) is 13.9. The average Bonchev–Trinajstić information content (AvgIpc) is 3.45. The van der Waals surface area contributed by atoms with Crippen LogP contribution in [0.5, 0.6) is 0 Å². The number of phosphoric acid groups is 1. The van der Waals surface area contributed by atoms with Gasteiger partial charge in [0.1, 0.15) is 12.7 Å². The minimum atomic E-state index is -4.77. The van der Waals surface area contributed by atoms with E-state index in [2.05, 4.69) is 106 Å². The second-order valence-corrected chi connectivity index (χ2v) is 22.7. The highest BCUT2D eigenvalue weighted by molar-refractivity contribution is 7.47. The number of hydrogen-bond acceptors (Lipinski definition) is 10. The van der Waals surface area contributed by atoms with Gasteiger partial charge in [-0.1, -0.05) is 259 Å². The standard InChI is InChI=1S/C68H117O11P/c1-4-7-10-13-16-19-22-25-28-31-32-35-36-39-42-45-48-51-54-57-66(70)75-61-65(79-68(72)59-56-53-50-47-44-41-38-34-30-27-24-21-18-15-12-9-6-3)63-77-80(73,74)76-62-64(60-69)78-67(71)58-55-52-49-46-43-40-37-33-29-26-23-20-17-14-11-8-5-2/h9,12,16,18-19,21,25,27-28,30,32,35,38,41,47,50,64-65,69H,4-8,10-11,13-15,17,20,22-24,26,29,31,33-34,36-37,39-40,42-46,48-49,51-63H2,1-3H3,(H,73,74)/b12-9-,19-16-,21-18-,28-25-,30-27-,35-32-,41-38-,50-47-. The molecule has 0 aromatic carbocycles. The third-order valence-corrected chi connectivity index (χ3v) is 14.4. The molecule has 0 aromatic rings. The summed E-state index contributed by atoms with van der Waals surface area (Å²) in [5.41, 5.74) is 0. The summed E-state index contributed by atoms with van der Waals surface area (Å²) in [6.45, 7) is 4.46. The summed E-state index contributed by atoms with van der Waals surface area (Å²) in [7, 11) is -4.77. The molecule has 0 aliphatic heterocycles. The van der Waals surface area contributed by atoms with E-state index in [4.69, 9.17) is 23.3 Å². The number of allylic oxidation sites excluding steroid dienone is 16. The molecule has 0 rings (SSSR count). The Morgan fingerprint density at radius 1 is 0.362 bits per heavy atom. The van der Waals surface area contributed by atoms with Crippen molar-refractivity contribution >= 4 is 25.7 Å². The van der Waals surface area contributed by atoms with Crippen molar-refractivity contribution in [3.05, 3.63) is 97.2 Å². The summed E-state index contributed by atoms with van der Waals surface area (Å²) in [5.74, 6) is -1.55. The van der Waals surface area contributed by atoms with Gasteiger partial charge < -0.3 is 24.2 Å². The summed E-state index contributed by atoms with van der Waals surface area (Å²) in [5, 5.41) is 9.86. The highest BCUT2D eigenvalue weighted by Crippen LogP contribution is 2.43. The largest absolute Gasteiger partial charge is 0.472 e. The van der Waals surface area contributed by atoms with Crippen molar-refractivity contribution in [2.45, 2.75) is 290 Å². The monoisotopic (exact) mass is 1140 g/mol. The first-order valence-electron chi connectivity index (χ1n) is 32.1. The van der Waals surface area contributed by atoms with Crippen LogP contribution in [0.25, 0.3) is 0 Å². The molecule has 3 atom stereocenters. The predicted molar refractivity (Wildman–Crippen MR) is 334 cm³/mol. The molecule has 2 N–H and O–H groups in total. The van der Waals surface area contributed by atoms with E-state index in [9.17, 15) is 28.9 Å². The molecule has 0 bridgehead atoms. The fourth-order valence-corrected chi connectivity index (χ4v) is 9.42. The van der Waals surface area contributed by atoms with Gasteiger partial charge in [-0.25, -0.2) is 4.57 Å². The molecular formula is C68H117O11P. The molecule has 12 heteroatoms. The van der Waals surface area contributed by atoms with Crippen molar-refractivity contribution in [1.82, 2.24) is 0 Å². The third-order valence-electron chi connectivity index (χ3n) is 13.5. The van der Waals surface area contributed by atoms with Gasteiger partial charge in [0.05, 0.1) is 19.8 Å². The molecule has 0 fully saturated rings. The number of ether oxygens (including phenoxy) is 3. The van der Waals surface area contributed by atoms with Crippen LogP contribution in [-0.2, 0) is 42.2 Å². The van der Waals surface area contributed by atoms with E-state index in [1.54, 1.807) is 0 Å². The molecule has 0 aliphatic carbocycles. The van der Waals surface area contributed by atoms with Crippen molar-refractivity contribution in [3.8, 4) is 0 Å².